The number of benzene rings is 1. The summed E-state index contributed by atoms with van der Waals surface area (Å²) >= 11 is 7.65. The van der Waals surface area contributed by atoms with Crippen molar-refractivity contribution >= 4 is 28.8 Å². The van der Waals surface area contributed by atoms with Crippen LogP contribution in [0.15, 0.2) is 30.3 Å². The number of thiazole rings is 1. The van der Waals surface area contributed by atoms with Crippen LogP contribution in [-0.4, -0.2) is 21.1 Å². The fraction of sp³-hybridized carbons (Fsp3) is 0.188. The first-order valence-electron chi connectivity index (χ1n) is 7.06. The Labute approximate surface area is 142 Å². The Bertz CT molecular complexity index is 855. The van der Waals surface area contributed by atoms with Crippen LogP contribution in [0.4, 0.5) is 0 Å². The number of halogens is 1. The first-order chi connectivity index (χ1) is 11.0. The van der Waals surface area contributed by atoms with Gasteiger partial charge < -0.3 is 5.32 Å². The Morgan fingerprint density at radius 2 is 2.13 bits per heavy atom. The zero-order valence-electron chi connectivity index (χ0n) is 12.7. The smallest absolute Gasteiger partial charge is 0.272 e. The molecular weight excluding hydrogens is 332 g/mol. The third-order valence-electron chi connectivity index (χ3n) is 3.36. The van der Waals surface area contributed by atoms with Crippen LogP contribution in [0.25, 0.3) is 10.6 Å². The van der Waals surface area contributed by atoms with Gasteiger partial charge in [-0.15, -0.1) is 11.3 Å². The van der Waals surface area contributed by atoms with Crippen LogP contribution in [0.2, 0.25) is 5.02 Å². The topological polar surface area (TPSA) is 70.7 Å². The van der Waals surface area contributed by atoms with Gasteiger partial charge in [0.25, 0.3) is 5.91 Å². The van der Waals surface area contributed by atoms with Gasteiger partial charge in [-0.3, -0.25) is 9.89 Å². The number of aromatic amines is 1. The predicted octanol–water partition coefficient (Wildman–Crippen LogP) is 3.73. The van der Waals surface area contributed by atoms with Gasteiger partial charge in [0.2, 0.25) is 0 Å². The third-order valence-corrected chi connectivity index (χ3v) is 4.83. The van der Waals surface area contributed by atoms with E-state index >= 15 is 0 Å². The molecule has 0 atom stereocenters. The Kier molecular flexibility index (Phi) is 4.45. The number of carbonyl (C=O) groups excluding carboxylic acids is 1. The van der Waals surface area contributed by atoms with Gasteiger partial charge in [0, 0.05) is 11.6 Å². The molecule has 0 aliphatic carbocycles. The van der Waals surface area contributed by atoms with Crippen molar-refractivity contribution in [1.82, 2.24) is 20.5 Å². The lowest BCUT2D eigenvalue weighted by atomic mass is 10.2. The van der Waals surface area contributed by atoms with Gasteiger partial charge in [-0.25, -0.2) is 4.98 Å². The van der Waals surface area contributed by atoms with Crippen molar-refractivity contribution < 1.29 is 4.79 Å². The van der Waals surface area contributed by atoms with Crippen LogP contribution in [-0.2, 0) is 6.54 Å². The van der Waals surface area contributed by atoms with Crippen molar-refractivity contribution in [1.29, 1.82) is 0 Å². The highest BCUT2D eigenvalue weighted by molar-refractivity contribution is 7.15. The monoisotopic (exact) mass is 346 g/mol. The quantitative estimate of drug-likeness (QED) is 0.756. The largest absolute Gasteiger partial charge is 0.347 e. The number of carbonyl (C=O) groups is 1. The summed E-state index contributed by atoms with van der Waals surface area (Å²) in [4.78, 5) is 17.6. The standard InChI is InChI=1S/C16H15ClN4OS/c1-9-15(23-10(2)19-9)13-7-14(21-20-13)16(22)18-8-11-5-3-4-6-12(11)17/h3-7H,8H2,1-2H3,(H,18,22)(H,20,21). The average molecular weight is 347 g/mol. The Morgan fingerprint density at radius 3 is 2.83 bits per heavy atom. The van der Waals surface area contributed by atoms with E-state index in [1.54, 1.807) is 23.5 Å². The van der Waals surface area contributed by atoms with E-state index in [-0.39, 0.29) is 5.91 Å². The molecule has 0 radical (unpaired) electrons. The highest BCUT2D eigenvalue weighted by Crippen LogP contribution is 2.28. The van der Waals surface area contributed by atoms with Gasteiger partial charge in [0.1, 0.15) is 0 Å². The molecule has 0 aliphatic rings. The number of nitrogens with one attached hydrogen (secondary N) is 2. The lowest BCUT2D eigenvalue weighted by molar-refractivity contribution is 0.0946. The van der Waals surface area contributed by atoms with Crippen LogP contribution >= 0.6 is 22.9 Å². The van der Waals surface area contributed by atoms with Gasteiger partial charge in [-0.05, 0) is 31.5 Å². The van der Waals surface area contributed by atoms with Gasteiger partial charge in [0.05, 0.1) is 21.3 Å². The van der Waals surface area contributed by atoms with Gasteiger partial charge in [-0.1, -0.05) is 29.8 Å². The summed E-state index contributed by atoms with van der Waals surface area (Å²) in [5, 5.41) is 11.4. The first kappa shape index (κ1) is 15.7. The van der Waals surface area contributed by atoms with Crippen LogP contribution in [0, 0.1) is 13.8 Å². The molecule has 23 heavy (non-hydrogen) atoms. The summed E-state index contributed by atoms with van der Waals surface area (Å²) in [6, 6.07) is 9.15. The molecule has 7 heteroatoms. The molecule has 0 unspecified atom stereocenters. The Balaban J connectivity index is 1.72. The SMILES string of the molecule is Cc1nc(C)c(-c2cc(C(=O)NCc3ccccc3Cl)n[nH]2)s1. The highest BCUT2D eigenvalue weighted by atomic mass is 35.5. The molecule has 3 rings (SSSR count). The molecule has 0 bridgehead atoms. The number of aromatic nitrogens is 3. The van der Waals surface area contributed by atoms with Crippen LogP contribution in [0.3, 0.4) is 0 Å². The molecule has 5 nitrogen and oxygen atoms in total. The van der Waals surface area contributed by atoms with Crippen molar-refractivity contribution in [3.63, 3.8) is 0 Å². The van der Waals surface area contributed by atoms with E-state index in [2.05, 4.69) is 20.5 Å². The molecule has 0 spiro atoms. The number of rotatable bonds is 4. The van der Waals surface area contributed by atoms with E-state index in [4.69, 9.17) is 11.6 Å². The van der Waals surface area contributed by atoms with Crippen molar-refractivity contribution in [2.75, 3.05) is 0 Å². The maximum atomic E-state index is 12.2. The fourth-order valence-electron chi connectivity index (χ4n) is 2.24. The summed E-state index contributed by atoms with van der Waals surface area (Å²) in [5.41, 5.74) is 2.94. The van der Waals surface area contributed by atoms with E-state index in [1.165, 1.54) is 0 Å². The zero-order chi connectivity index (χ0) is 16.4. The van der Waals surface area contributed by atoms with E-state index in [1.807, 2.05) is 32.0 Å². The summed E-state index contributed by atoms with van der Waals surface area (Å²) in [7, 11) is 0. The van der Waals surface area contributed by atoms with E-state index < -0.39 is 0 Å². The minimum Gasteiger partial charge on any atom is -0.347 e. The van der Waals surface area contributed by atoms with Crippen LogP contribution < -0.4 is 5.32 Å². The lowest BCUT2D eigenvalue weighted by Gasteiger charge is -2.04. The lowest BCUT2D eigenvalue weighted by Crippen LogP contribution is -2.23. The molecule has 0 saturated carbocycles. The molecule has 3 aromatic rings. The normalized spacial score (nSPS) is 10.7. The molecule has 1 aromatic carbocycles. The third kappa shape index (κ3) is 3.43. The second kappa shape index (κ2) is 6.52. The minimum atomic E-state index is -0.244. The molecule has 1 amide bonds. The van der Waals surface area contributed by atoms with Gasteiger partial charge >= 0.3 is 0 Å². The maximum absolute atomic E-state index is 12.2. The predicted molar refractivity (Wildman–Crippen MR) is 91.8 cm³/mol. The summed E-state index contributed by atoms with van der Waals surface area (Å²) in [5.74, 6) is -0.244. The van der Waals surface area contributed by atoms with E-state index in [9.17, 15) is 4.79 Å². The minimum absolute atomic E-state index is 0.244. The fourth-order valence-corrected chi connectivity index (χ4v) is 3.33. The molecule has 118 valence electrons. The summed E-state index contributed by atoms with van der Waals surface area (Å²) in [6.07, 6.45) is 0. The molecule has 2 N–H and O–H groups in total. The first-order valence-corrected chi connectivity index (χ1v) is 8.25. The van der Waals surface area contributed by atoms with E-state index in [0.29, 0.717) is 17.3 Å². The second-order valence-electron chi connectivity index (χ2n) is 5.09. The molecular formula is C16H15ClN4OS. The van der Waals surface area contributed by atoms with Crippen LogP contribution in [0.5, 0.6) is 0 Å². The number of aryl methyl sites for hydroxylation is 2. The number of H-pyrrole nitrogens is 1. The second-order valence-corrected chi connectivity index (χ2v) is 6.70. The van der Waals surface area contributed by atoms with Gasteiger partial charge in [-0.2, -0.15) is 5.10 Å². The Morgan fingerprint density at radius 1 is 1.35 bits per heavy atom. The van der Waals surface area contributed by atoms with Crippen LogP contribution in [0.1, 0.15) is 26.8 Å². The summed E-state index contributed by atoms with van der Waals surface area (Å²) < 4.78 is 0. The molecule has 0 fully saturated rings. The average Bonchev–Trinajstić information content (AvgIpc) is 3.12. The zero-order valence-corrected chi connectivity index (χ0v) is 14.3. The van der Waals surface area contributed by atoms with Crippen molar-refractivity contribution in [2.24, 2.45) is 0 Å². The van der Waals surface area contributed by atoms with Crippen molar-refractivity contribution in [2.45, 2.75) is 20.4 Å². The number of hydrogen-bond donors (Lipinski definition) is 2. The number of nitrogens with zero attached hydrogens (tertiary/aromatic N) is 2. The molecule has 0 saturated heterocycles. The van der Waals surface area contributed by atoms with Crippen molar-refractivity contribution in [3.8, 4) is 10.6 Å². The molecule has 0 aliphatic heterocycles. The molecule has 2 aromatic heterocycles. The highest BCUT2D eigenvalue weighted by Gasteiger charge is 2.15. The van der Waals surface area contributed by atoms with Gasteiger partial charge in [0.15, 0.2) is 5.69 Å². The number of hydrogen-bond acceptors (Lipinski definition) is 4. The number of amides is 1. The molecule has 2 heterocycles. The van der Waals surface area contributed by atoms with E-state index in [0.717, 1.165) is 26.8 Å². The van der Waals surface area contributed by atoms with Crippen molar-refractivity contribution in [3.05, 3.63) is 57.3 Å². The Hall–Kier alpha value is -2.18. The summed E-state index contributed by atoms with van der Waals surface area (Å²) in [6.45, 7) is 4.25. The maximum Gasteiger partial charge on any atom is 0.272 e.